The van der Waals surface area contributed by atoms with Crippen LogP contribution in [0, 0.1) is 0 Å². The van der Waals surface area contributed by atoms with Crippen LogP contribution < -0.4 is 0 Å². The second-order valence-corrected chi connectivity index (χ2v) is 14.9. The highest BCUT2D eigenvalue weighted by molar-refractivity contribution is 9.11. The number of fused-ring (bicyclic) bond motifs is 6. The number of hydrogen-bond donors (Lipinski definition) is 2. The molecule has 0 amide bonds. The third kappa shape index (κ3) is 5.95. The lowest BCUT2D eigenvalue weighted by atomic mass is 9.90. The van der Waals surface area contributed by atoms with E-state index in [1.165, 1.54) is 44.5 Å². The van der Waals surface area contributed by atoms with Crippen LogP contribution in [0.5, 0.6) is 0 Å². The summed E-state index contributed by atoms with van der Waals surface area (Å²) in [6, 6.07) is 28.1. The van der Waals surface area contributed by atoms with Gasteiger partial charge >= 0.3 is 0 Å². The molecule has 43 heavy (non-hydrogen) atoms. The van der Waals surface area contributed by atoms with Crippen LogP contribution in [0.1, 0.15) is 46.9 Å². The number of β-amino-alcohol motifs (C(OH)–C–C–N with tert-alkyl or cyclic N) is 2. The summed E-state index contributed by atoms with van der Waals surface area (Å²) in [4.78, 5) is 4.77. The first-order chi connectivity index (χ1) is 20.9. The van der Waals surface area contributed by atoms with Crippen molar-refractivity contribution in [2.24, 2.45) is 0 Å². The zero-order chi connectivity index (χ0) is 29.7. The van der Waals surface area contributed by atoms with Gasteiger partial charge in [0.15, 0.2) is 0 Å². The second-order valence-electron chi connectivity index (χ2n) is 12.2. The van der Waals surface area contributed by atoms with Gasteiger partial charge in [-0.3, -0.25) is 9.80 Å². The molecule has 1 heterocycles. The summed E-state index contributed by atoms with van der Waals surface area (Å²) in [5.74, 6) is 0.393. The summed E-state index contributed by atoms with van der Waals surface area (Å²) in [6.45, 7) is 4.97. The topological polar surface area (TPSA) is 46.9 Å². The van der Waals surface area contributed by atoms with Gasteiger partial charge in [-0.1, -0.05) is 102 Å². The highest BCUT2D eigenvalue weighted by atomic mass is 79.9. The molecular weight excluding hydrogens is 732 g/mol. The molecule has 0 aromatic heterocycles. The van der Waals surface area contributed by atoms with E-state index in [0.717, 1.165) is 46.0 Å². The Morgan fingerprint density at radius 1 is 0.581 bits per heavy atom. The van der Waals surface area contributed by atoms with Crippen molar-refractivity contribution >= 4 is 47.8 Å². The van der Waals surface area contributed by atoms with Crippen molar-refractivity contribution in [3.63, 3.8) is 0 Å². The summed E-state index contributed by atoms with van der Waals surface area (Å²) < 4.78 is 3.19. The standard InChI is InChI=1S/C36H35Br3N2O2/c37-22-9-10-30-31(15-22)33-16-23(38)17-35(39)36(33)34(30)19-25(43)21-41-13-11-40(12-14-41)20-24(42)18-32-28-7-3-1-5-26(28)27-6-2-4-8-29(27)32/h1-10,15-17,24-25,32,34,42-43H,11-14,18-21H2/t24-,25+,34+/m0/s1. The fourth-order valence-electron chi connectivity index (χ4n) is 7.59. The molecule has 1 fully saturated rings. The molecule has 0 radical (unpaired) electrons. The van der Waals surface area contributed by atoms with Gasteiger partial charge in [0.05, 0.1) is 12.2 Å². The molecule has 4 aromatic carbocycles. The van der Waals surface area contributed by atoms with E-state index in [1.807, 2.05) is 0 Å². The predicted octanol–water partition coefficient (Wildman–Crippen LogP) is 8.02. The van der Waals surface area contributed by atoms with Gasteiger partial charge < -0.3 is 10.2 Å². The number of halogens is 3. The zero-order valence-corrected chi connectivity index (χ0v) is 28.7. The van der Waals surface area contributed by atoms with Gasteiger partial charge in [-0.05, 0) is 81.6 Å². The van der Waals surface area contributed by atoms with Gasteiger partial charge in [-0.15, -0.1) is 0 Å². The maximum atomic E-state index is 11.3. The highest BCUT2D eigenvalue weighted by Crippen LogP contribution is 2.51. The third-order valence-corrected chi connectivity index (χ3v) is 11.1. The van der Waals surface area contributed by atoms with Crippen LogP contribution in [0.25, 0.3) is 22.3 Å². The number of nitrogens with zero attached hydrogens (tertiary/aromatic N) is 2. The third-order valence-electron chi connectivity index (χ3n) is 9.50. The Kier molecular flexibility index (Phi) is 8.68. The van der Waals surface area contributed by atoms with E-state index in [2.05, 4.69) is 136 Å². The molecule has 3 aliphatic rings. The highest BCUT2D eigenvalue weighted by Gasteiger charge is 2.34. The Morgan fingerprint density at radius 2 is 1.09 bits per heavy atom. The van der Waals surface area contributed by atoms with Gasteiger partial charge in [0.1, 0.15) is 0 Å². The molecule has 4 nitrogen and oxygen atoms in total. The monoisotopic (exact) mass is 764 g/mol. The van der Waals surface area contributed by atoms with Gasteiger partial charge in [-0.25, -0.2) is 0 Å². The second kappa shape index (κ2) is 12.5. The fraction of sp³-hybridized carbons (Fsp3) is 0.333. The lowest BCUT2D eigenvalue weighted by Gasteiger charge is -2.37. The van der Waals surface area contributed by atoms with E-state index in [9.17, 15) is 10.2 Å². The van der Waals surface area contributed by atoms with Crippen molar-refractivity contribution in [1.29, 1.82) is 0 Å². The lowest BCUT2D eigenvalue weighted by molar-refractivity contribution is 0.0429. The van der Waals surface area contributed by atoms with Crippen LogP contribution >= 0.6 is 47.8 Å². The van der Waals surface area contributed by atoms with Crippen molar-refractivity contribution in [3.8, 4) is 22.3 Å². The van der Waals surface area contributed by atoms with Crippen molar-refractivity contribution in [1.82, 2.24) is 9.80 Å². The summed E-state index contributed by atoms with van der Waals surface area (Å²) >= 11 is 11.1. The molecule has 0 bridgehead atoms. The van der Waals surface area contributed by atoms with E-state index < -0.39 is 6.10 Å². The Morgan fingerprint density at radius 3 is 1.70 bits per heavy atom. The molecule has 2 aliphatic carbocycles. The molecular formula is C36H35Br3N2O2. The first-order valence-corrected chi connectivity index (χ1v) is 17.5. The molecule has 222 valence electrons. The van der Waals surface area contributed by atoms with E-state index in [-0.39, 0.29) is 17.9 Å². The van der Waals surface area contributed by atoms with E-state index in [1.54, 1.807) is 0 Å². The van der Waals surface area contributed by atoms with Crippen LogP contribution in [0.3, 0.4) is 0 Å². The summed E-state index contributed by atoms with van der Waals surface area (Å²) in [6.07, 6.45) is 0.607. The molecule has 0 spiro atoms. The van der Waals surface area contributed by atoms with Crippen molar-refractivity contribution in [3.05, 3.63) is 115 Å². The number of rotatable bonds is 8. The minimum Gasteiger partial charge on any atom is -0.392 e. The minimum atomic E-state index is -0.428. The Bertz CT molecular complexity index is 1610. The largest absolute Gasteiger partial charge is 0.392 e. The fourth-order valence-corrected chi connectivity index (χ4v) is 9.45. The minimum absolute atomic E-state index is 0.151. The maximum Gasteiger partial charge on any atom is 0.0676 e. The molecule has 3 atom stereocenters. The Labute approximate surface area is 279 Å². The maximum absolute atomic E-state index is 11.3. The van der Waals surface area contributed by atoms with Gasteiger partial charge in [0.25, 0.3) is 0 Å². The van der Waals surface area contributed by atoms with E-state index >= 15 is 0 Å². The van der Waals surface area contributed by atoms with Gasteiger partial charge in [0.2, 0.25) is 0 Å². The SMILES string of the molecule is O[C@H](C[C@@H]1c2ccc(Br)cc2-c2cc(Br)cc(Br)c21)CN1CCN(C[C@@H](O)CC2c3ccccc3-c3ccccc32)CC1. The predicted molar refractivity (Wildman–Crippen MR) is 185 cm³/mol. The number of benzene rings is 4. The number of piperazine rings is 1. The van der Waals surface area contributed by atoms with Crippen LogP contribution in [0.15, 0.2) is 92.3 Å². The van der Waals surface area contributed by atoms with Gasteiger partial charge in [0, 0.05) is 64.5 Å². The Balaban J connectivity index is 0.946. The summed E-state index contributed by atoms with van der Waals surface area (Å²) in [5.41, 5.74) is 10.3. The number of aliphatic hydroxyl groups excluding tert-OH is 2. The van der Waals surface area contributed by atoms with Gasteiger partial charge in [-0.2, -0.15) is 0 Å². The van der Waals surface area contributed by atoms with Crippen molar-refractivity contribution < 1.29 is 10.2 Å². The van der Waals surface area contributed by atoms with E-state index in [4.69, 9.17) is 0 Å². The average molecular weight is 767 g/mol. The van der Waals surface area contributed by atoms with Crippen molar-refractivity contribution in [2.45, 2.75) is 36.9 Å². The lowest BCUT2D eigenvalue weighted by Crippen LogP contribution is -2.50. The van der Waals surface area contributed by atoms with Crippen LogP contribution in [-0.2, 0) is 0 Å². The molecule has 2 N–H and O–H groups in total. The van der Waals surface area contributed by atoms with E-state index in [0.29, 0.717) is 19.5 Å². The smallest absolute Gasteiger partial charge is 0.0676 e. The number of aliphatic hydroxyl groups is 2. The zero-order valence-electron chi connectivity index (χ0n) is 23.9. The summed E-state index contributed by atoms with van der Waals surface area (Å²) in [7, 11) is 0. The quantitative estimate of drug-likeness (QED) is 0.191. The Hall–Kier alpha value is -1.84. The number of hydrogen-bond acceptors (Lipinski definition) is 4. The first kappa shape index (κ1) is 29.8. The molecule has 1 aliphatic heterocycles. The molecule has 0 saturated carbocycles. The van der Waals surface area contributed by atoms with Crippen LogP contribution in [0.2, 0.25) is 0 Å². The molecule has 1 saturated heterocycles. The first-order valence-electron chi connectivity index (χ1n) is 15.1. The molecule has 7 heteroatoms. The average Bonchev–Trinajstić information content (AvgIpc) is 3.46. The van der Waals surface area contributed by atoms with Crippen molar-refractivity contribution in [2.75, 3.05) is 39.3 Å². The molecule has 4 aromatic rings. The normalized spacial score (nSPS) is 19.5. The molecule has 7 rings (SSSR count). The molecule has 0 unspecified atom stereocenters. The van der Waals surface area contributed by atoms with Crippen LogP contribution in [-0.4, -0.2) is 71.5 Å². The summed E-state index contributed by atoms with van der Waals surface area (Å²) in [5, 5.41) is 22.5. The van der Waals surface area contributed by atoms with Crippen LogP contribution in [0.4, 0.5) is 0 Å².